The number of anilines is 2. The summed E-state index contributed by atoms with van der Waals surface area (Å²) in [6, 6.07) is 22.4. The van der Waals surface area contributed by atoms with E-state index in [1.165, 1.54) is 0 Å². The van der Waals surface area contributed by atoms with E-state index in [-0.39, 0.29) is 5.69 Å². The lowest BCUT2D eigenvalue weighted by molar-refractivity contribution is 0.489. The van der Waals surface area contributed by atoms with Gasteiger partial charge in [-0.05, 0) is 57.4 Å². The number of nitriles is 1. The van der Waals surface area contributed by atoms with Gasteiger partial charge in [0.05, 0.1) is 29.6 Å². The molecule has 0 radical (unpaired) electrons. The molecule has 0 bridgehead atoms. The Balaban J connectivity index is 1.73. The number of halogens is 1. The third kappa shape index (κ3) is 5.38. The van der Waals surface area contributed by atoms with Crippen LogP contribution in [0, 0.1) is 11.3 Å². The molecular weight excluding hydrogens is 508 g/mol. The van der Waals surface area contributed by atoms with Gasteiger partial charge < -0.3 is 0 Å². The standard InChI is InChI=1S/C22H17BrN6O3S/c23-21-10-16(6-9-22(21)27-33(30,31)32)13-29(28-14-25-26-15-28)19-8-7-18(12-24)20(11-19)17-4-2-1-3-5-17/h1-11,14-15,27H,13H2,(H,30,31,32). The quantitative estimate of drug-likeness (QED) is 0.346. The fourth-order valence-electron chi connectivity index (χ4n) is 3.32. The van der Waals surface area contributed by atoms with Crippen molar-refractivity contribution in [3.05, 3.63) is 95.0 Å². The van der Waals surface area contributed by atoms with Crippen LogP contribution in [0.4, 0.5) is 11.4 Å². The molecular formula is C22H17BrN6O3S. The van der Waals surface area contributed by atoms with Crippen LogP contribution >= 0.6 is 15.9 Å². The molecule has 0 aliphatic carbocycles. The van der Waals surface area contributed by atoms with Gasteiger partial charge >= 0.3 is 10.3 Å². The number of rotatable bonds is 7. The Morgan fingerprint density at radius 3 is 2.42 bits per heavy atom. The van der Waals surface area contributed by atoms with Crippen molar-refractivity contribution < 1.29 is 13.0 Å². The van der Waals surface area contributed by atoms with Crippen LogP contribution in [-0.2, 0) is 16.8 Å². The Bertz CT molecular complexity index is 1420. The minimum atomic E-state index is -4.39. The Labute approximate surface area is 198 Å². The largest absolute Gasteiger partial charge is 0.357 e. The number of benzene rings is 3. The summed E-state index contributed by atoms with van der Waals surface area (Å²) in [5.74, 6) is 0. The molecule has 0 atom stereocenters. The number of aromatic nitrogens is 3. The molecule has 1 heterocycles. The average molecular weight is 525 g/mol. The van der Waals surface area contributed by atoms with Gasteiger partial charge in [-0.3, -0.25) is 14.3 Å². The molecule has 0 saturated carbocycles. The number of nitrogens with one attached hydrogen (secondary N) is 1. The van der Waals surface area contributed by atoms with Crippen LogP contribution in [0.1, 0.15) is 11.1 Å². The molecule has 4 rings (SSSR count). The van der Waals surface area contributed by atoms with Crippen molar-refractivity contribution in [2.45, 2.75) is 6.54 Å². The molecule has 11 heteroatoms. The minimum absolute atomic E-state index is 0.210. The molecule has 33 heavy (non-hydrogen) atoms. The van der Waals surface area contributed by atoms with Crippen LogP contribution in [0.3, 0.4) is 0 Å². The first-order valence-electron chi connectivity index (χ1n) is 9.60. The second kappa shape index (κ2) is 9.41. The summed E-state index contributed by atoms with van der Waals surface area (Å²) >= 11 is 3.33. The molecule has 0 amide bonds. The maximum absolute atomic E-state index is 11.1. The minimum Gasteiger partial charge on any atom is -0.274 e. The van der Waals surface area contributed by atoms with Gasteiger partial charge in [0.2, 0.25) is 0 Å². The van der Waals surface area contributed by atoms with E-state index >= 15 is 0 Å². The summed E-state index contributed by atoms with van der Waals surface area (Å²) in [5, 5.41) is 19.3. The molecule has 0 aliphatic heterocycles. The highest BCUT2D eigenvalue weighted by Crippen LogP contribution is 2.30. The Morgan fingerprint density at radius 2 is 1.79 bits per heavy atom. The van der Waals surface area contributed by atoms with Crippen LogP contribution in [0.15, 0.2) is 83.9 Å². The van der Waals surface area contributed by atoms with Crippen LogP contribution in [0.25, 0.3) is 11.1 Å². The fourth-order valence-corrected chi connectivity index (χ4v) is 4.44. The molecule has 1 aromatic heterocycles. The van der Waals surface area contributed by atoms with Gasteiger partial charge in [0.1, 0.15) is 12.7 Å². The van der Waals surface area contributed by atoms with Gasteiger partial charge in [-0.1, -0.05) is 36.4 Å². The van der Waals surface area contributed by atoms with Gasteiger partial charge in [-0.2, -0.15) is 13.7 Å². The lowest BCUT2D eigenvalue weighted by Gasteiger charge is -2.26. The topological polar surface area (TPSA) is 124 Å². The molecule has 166 valence electrons. The third-order valence-electron chi connectivity index (χ3n) is 4.80. The normalized spacial score (nSPS) is 11.1. The lowest BCUT2D eigenvalue weighted by atomic mass is 9.99. The summed E-state index contributed by atoms with van der Waals surface area (Å²) in [5.41, 5.74) is 4.11. The molecule has 0 aliphatic rings. The smallest absolute Gasteiger partial charge is 0.274 e. The Kier molecular flexibility index (Phi) is 6.41. The highest BCUT2D eigenvalue weighted by Gasteiger charge is 2.15. The maximum Gasteiger partial charge on any atom is 0.357 e. The van der Waals surface area contributed by atoms with Crippen molar-refractivity contribution in [1.29, 1.82) is 5.26 Å². The predicted octanol–water partition coefficient (Wildman–Crippen LogP) is 4.26. The fraction of sp³-hybridized carbons (Fsp3) is 0.0455. The van der Waals surface area contributed by atoms with E-state index in [4.69, 9.17) is 4.55 Å². The predicted molar refractivity (Wildman–Crippen MR) is 128 cm³/mol. The zero-order valence-corrected chi connectivity index (χ0v) is 19.4. The van der Waals surface area contributed by atoms with Crippen LogP contribution in [0.2, 0.25) is 0 Å². The van der Waals surface area contributed by atoms with Gasteiger partial charge in [-0.15, -0.1) is 10.2 Å². The van der Waals surface area contributed by atoms with Gasteiger partial charge in [0.15, 0.2) is 0 Å². The lowest BCUT2D eigenvalue weighted by Crippen LogP contribution is -2.28. The van der Waals surface area contributed by atoms with E-state index in [0.29, 0.717) is 16.6 Å². The Morgan fingerprint density at radius 1 is 1.06 bits per heavy atom. The highest BCUT2D eigenvalue weighted by molar-refractivity contribution is 9.10. The Hall–Kier alpha value is -3.72. The average Bonchev–Trinajstić information content (AvgIpc) is 3.33. The summed E-state index contributed by atoms with van der Waals surface area (Å²) < 4.78 is 35.5. The second-order valence-electron chi connectivity index (χ2n) is 7.00. The first-order valence-corrected chi connectivity index (χ1v) is 11.8. The SMILES string of the molecule is N#Cc1ccc(N(Cc2ccc(NS(=O)(=O)O)c(Br)c2)n2cnnc2)cc1-c1ccccc1. The first-order chi connectivity index (χ1) is 15.8. The van der Waals surface area contributed by atoms with E-state index < -0.39 is 10.3 Å². The van der Waals surface area contributed by atoms with Gasteiger partial charge in [-0.25, -0.2) is 4.68 Å². The summed E-state index contributed by atoms with van der Waals surface area (Å²) in [4.78, 5) is 0. The van der Waals surface area contributed by atoms with Crippen molar-refractivity contribution in [2.24, 2.45) is 0 Å². The number of nitrogens with zero attached hydrogens (tertiary/aromatic N) is 5. The zero-order chi connectivity index (χ0) is 23.4. The van der Waals surface area contributed by atoms with E-state index in [2.05, 4.69) is 32.2 Å². The maximum atomic E-state index is 11.1. The summed E-state index contributed by atoms with van der Waals surface area (Å²) in [7, 11) is -4.39. The van der Waals surface area contributed by atoms with E-state index in [9.17, 15) is 13.7 Å². The number of hydrogen-bond acceptors (Lipinski definition) is 6. The van der Waals surface area contributed by atoms with Crippen molar-refractivity contribution in [3.8, 4) is 17.2 Å². The molecule has 4 aromatic rings. The first kappa shape index (κ1) is 22.5. The molecule has 3 aromatic carbocycles. The third-order valence-corrected chi connectivity index (χ3v) is 5.93. The number of hydrogen-bond donors (Lipinski definition) is 2. The van der Waals surface area contributed by atoms with Gasteiger partial charge in [0.25, 0.3) is 0 Å². The van der Waals surface area contributed by atoms with Crippen molar-refractivity contribution in [2.75, 3.05) is 9.73 Å². The van der Waals surface area contributed by atoms with Gasteiger partial charge in [0, 0.05) is 10.0 Å². The van der Waals surface area contributed by atoms with Crippen LogP contribution in [0.5, 0.6) is 0 Å². The van der Waals surface area contributed by atoms with E-state index in [0.717, 1.165) is 22.4 Å². The molecule has 0 unspecified atom stereocenters. The van der Waals surface area contributed by atoms with Crippen molar-refractivity contribution in [1.82, 2.24) is 14.9 Å². The monoisotopic (exact) mass is 524 g/mol. The second-order valence-corrected chi connectivity index (χ2v) is 9.01. The molecule has 2 N–H and O–H groups in total. The van der Waals surface area contributed by atoms with Crippen molar-refractivity contribution >= 4 is 37.6 Å². The molecule has 0 fully saturated rings. The molecule has 0 spiro atoms. The van der Waals surface area contributed by atoms with Crippen LogP contribution < -0.4 is 9.73 Å². The zero-order valence-electron chi connectivity index (χ0n) is 17.0. The summed E-state index contributed by atoms with van der Waals surface area (Å²) in [6.07, 6.45) is 3.12. The summed E-state index contributed by atoms with van der Waals surface area (Å²) in [6.45, 7) is 0.378. The van der Waals surface area contributed by atoms with Crippen LogP contribution in [-0.4, -0.2) is 27.8 Å². The van der Waals surface area contributed by atoms with E-state index in [1.807, 2.05) is 52.2 Å². The van der Waals surface area contributed by atoms with E-state index in [1.54, 1.807) is 41.6 Å². The molecule has 0 saturated heterocycles. The van der Waals surface area contributed by atoms with Crippen molar-refractivity contribution in [3.63, 3.8) is 0 Å². The molecule has 9 nitrogen and oxygen atoms in total. The highest BCUT2D eigenvalue weighted by atomic mass is 79.9.